The van der Waals surface area contributed by atoms with Gasteiger partial charge in [-0.2, -0.15) is 0 Å². The highest BCUT2D eigenvalue weighted by Crippen LogP contribution is 1.96. The second-order valence-corrected chi connectivity index (χ2v) is 4.92. The lowest BCUT2D eigenvalue weighted by molar-refractivity contribution is -0.130. The quantitative estimate of drug-likeness (QED) is 0.593. The molecule has 0 aromatic rings. The summed E-state index contributed by atoms with van der Waals surface area (Å²) in [4.78, 5) is 15.7. The summed E-state index contributed by atoms with van der Waals surface area (Å²) in [5, 5.41) is 9.18. The van der Waals surface area contributed by atoms with E-state index < -0.39 is 0 Å². The van der Waals surface area contributed by atoms with Crippen LogP contribution in [0.4, 0.5) is 0 Å². The topological polar surface area (TPSA) is 69.8 Å². The Kier molecular flexibility index (Phi) is 8.03. The Balaban J connectivity index is 3.80. The molecule has 0 radical (unpaired) electrons. The molecule has 0 fully saturated rings. The lowest BCUT2D eigenvalue weighted by Crippen LogP contribution is -2.34. The van der Waals surface area contributed by atoms with Crippen LogP contribution in [-0.2, 0) is 4.79 Å². The van der Waals surface area contributed by atoms with Gasteiger partial charge in [0.05, 0.1) is 11.1 Å². The number of hydrogen-bond acceptors (Lipinski definition) is 4. The smallest absolute Gasteiger partial charge is 0.223 e. The Bertz CT molecular complexity index is 259. The first kappa shape index (κ1) is 16.3. The fourth-order valence-electron chi connectivity index (χ4n) is 1.42. The molecule has 5 nitrogen and oxygen atoms in total. The summed E-state index contributed by atoms with van der Waals surface area (Å²) in [6, 6.07) is 0. The van der Waals surface area contributed by atoms with Crippen molar-refractivity contribution in [3.63, 3.8) is 0 Å². The van der Waals surface area contributed by atoms with E-state index in [-0.39, 0.29) is 12.0 Å². The minimum Gasteiger partial charge on any atom is -0.393 e. The first-order valence-corrected chi connectivity index (χ1v) is 6.12. The van der Waals surface area contributed by atoms with E-state index >= 15 is 0 Å². The van der Waals surface area contributed by atoms with Gasteiger partial charge < -0.3 is 20.6 Å². The summed E-state index contributed by atoms with van der Waals surface area (Å²) < 4.78 is 0. The van der Waals surface area contributed by atoms with Crippen LogP contribution in [0.1, 0.15) is 19.8 Å². The van der Waals surface area contributed by atoms with Gasteiger partial charge in [-0.15, -0.1) is 0 Å². The molecular weight excluding hydrogens is 238 g/mol. The Hall–Kier alpha value is -0.720. The Morgan fingerprint density at radius 2 is 1.94 bits per heavy atom. The van der Waals surface area contributed by atoms with Crippen LogP contribution in [0.25, 0.3) is 0 Å². The molecule has 0 aromatic carbocycles. The van der Waals surface area contributed by atoms with Gasteiger partial charge in [0.2, 0.25) is 5.91 Å². The van der Waals surface area contributed by atoms with E-state index in [9.17, 15) is 9.90 Å². The summed E-state index contributed by atoms with van der Waals surface area (Å²) in [5.74, 6) is 0.0682. The number of thiocarbonyl (C=S) groups is 1. The van der Waals surface area contributed by atoms with Crippen LogP contribution in [0.5, 0.6) is 0 Å². The van der Waals surface area contributed by atoms with Crippen LogP contribution in [0.2, 0.25) is 0 Å². The van der Waals surface area contributed by atoms with Crippen molar-refractivity contribution in [2.75, 3.05) is 33.7 Å². The number of nitrogens with zero attached hydrogens (tertiary/aromatic N) is 2. The number of carbonyl (C=O) groups is 1. The molecule has 0 saturated heterocycles. The maximum atomic E-state index is 11.7. The van der Waals surface area contributed by atoms with E-state index in [1.54, 1.807) is 18.9 Å². The molecule has 0 bridgehead atoms. The average molecular weight is 261 g/mol. The zero-order valence-corrected chi connectivity index (χ0v) is 11.7. The highest BCUT2D eigenvalue weighted by molar-refractivity contribution is 7.80. The van der Waals surface area contributed by atoms with E-state index in [1.807, 2.05) is 11.9 Å². The van der Waals surface area contributed by atoms with Gasteiger partial charge in [0.15, 0.2) is 0 Å². The summed E-state index contributed by atoms with van der Waals surface area (Å²) in [6.07, 6.45) is 0.625. The van der Waals surface area contributed by atoms with E-state index in [2.05, 4.69) is 0 Å². The van der Waals surface area contributed by atoms with Crippen molar-refractivity contribution in [1.29, 1.82) is 0 Å². The minimum absolute atomic E-state index is 0.0682. The molecule has 0 aliphatic carbocycles. The van der Waals surface area contributed by atoms with Crippen LogP contribution < -0.4 is 5.73 Å². The molecular formula is C11H23N3O2S. The predicted octanol–water partition coefficient (Wildman–Crippen LogP) is -0.176. The van der Waals surface area contributed by atoms with Crippen LogP contribution in [-0.4, -0.2) is 65.6 Å². The van der Waals surface area contributed by atoms with E-state index in [4.69, 9.17) is 18.0 Å². The molecule has 0 heterocycles. The molecule has 6 heteroatoms. The van der Waals surface area contributed by atoms with Gasteiger partial charge in [-0.05, 0) is 14.0 Å². The fourth-order valence-corrected chi connectivity index (χ4v) is 1.51. The second-order valence-electron chi connectivity index (χ2n) is 4.39. The molecule has 3 N–H and O–H groups in total. The molecule has 0 aliphatic heterocycles. The van der Waals surface area contributed by atoms with Gasteiger partial charge >= 0.3 is 0 Å². The van der Waals surface area contributed by atoms with Gasteiger partial charge in [0.1, 0.15) is 0 Å². The molecule has 1 atom stereocenters. The maximum Gasteiger partial charge on any atom is 0.223 e. The van der Waals surface area contributed by atoms with Crippen molar-refractivity contribution in [3.8, 4) is 0 Å². The highest BCUT2D eigenvalue weighted by Gasteiger charge is 2.10. The molecule has 0 spiro atoms. The van der Waals surface area contributed by atoms with Crippen LogP contribution in [0, 0.1) is 0 Å². The number of amides is 1. The highest BCUT2D eigenvalue weighted by atomic mass is 32.1. The van der Waals surface area contributed by atoms with Crippen LogP contribution in [0.3, 0.4) is 0 Å². The van der Waals surface area contributed by atoms with Crippen molar-refractivity contribution >= 4 is 23.1 Å². The van der Waals surface area contributed by atoms with Crippen molar-refractivity contribution in [2.24, 2.45) is 5.73 Å². The number of aliphatic hydroxyl groups excluding tert-OH is 1. The lowest BCUT2D eigenvalue weighted by atomic mass is 10.3. The average Bonchev–Trinajstić information content (AvgIpc) is 2.21. The maximum absolute atomic E-state index is 11.7. The second kappa shape index (κ2) is 8.38. The number of carbonyl (C=O) groups excluding carboxylic acids is 1. The van der Waals surface area contributed by atoms with Crippen molar-refractivity contribution in [3.05, 3.63) is 0 Å². The number of aliphatic hydroxyl groups is 1. The molecule has 0 aromatic heterocycles. The number of nitrogens with two attached hydrogens (primary N) is 1. The minimum atomic E-state index is -0.373. The normalized spacial score (nSPS) is 12.5. The third-order valence-electron chi connectivity index (χ3n) is 2.40. The SMILES string of the molecule is CC(O)CN(C)CCC(=O)N(C)CCC(N)=S. The van der Waals surface area contributed by atoms with E-state index in [0.717, 1.165) is 0 Å². The van der Waals surface area contributed by atoms with Crippen LogP contribution in [0.15, 0.2) is 0 Å². The third-order valence-corrected chi connectivity index (χ3v) is 2.61. The van der Waals surface area contributed by atoms with Gasteiger partial charge in [0.25, 0.3) is 0 Å². The standard InChI is InChI=1S/C11H23N3O2S/c1-9(15)8-13(2)6-5-11(16)14(3)7-4-10(12)17/h9,15H,4-8H2,1-3H3,(H2,12,17). The summed E-state index contributed by atoms with van der Waals surface area (Å²) in [6.45, 7) is 3.51. The molecule has 1 amide bonds. The zero-order valence-electron chi connectivity index (χ0n) is 10.8. The molecule has 0 aliphatic rings. The lowest BCUT2D eigenvalue weighted by Gasteiger charge is -2.21. The van der Waals surface area contributed by atoms with Crippen molar-refractivity contribution < 1.29 is 9.90 Å². The third kappa shape index (κ3) is 9.02. The number of hydrogen-bond donors (Lipinski definition) is 2. The van der Waals surface area contributed by atoms with Crippen LogP contribution >= 0.6 is 12.2 Å². The van der Waals surface area contributed by atoms with Gasteiger partial charge in [-0.1, -0.05) is 12.2 Å². The summed E-state index contributed by atoms with van der Waals surface area (Å²) in [5.41, 5.74) is 5.38. The van der Waals surface area contributed by atoms with Crippen molar-refractivity contribution in [2.45, 2.75) is 25.9 Å². The molecule has 17 heavy (non-hydrogen) atoms. The Labute approximate surface area is 109 Å². The molecule has 100 valence electrons. The van der Waals surface area contributed by atoms with Gasteiger partial charge in [-0.3, -0.25) is 4.79 Å². The zero-order chi connectivity index (χ0) is 13.4. The first-order chi connectivity index (χ1) is 7.82. The number of rotatable bonds is 8. The largest absolute Gasteiger partial charge is 0.393 e. The summed E-state index contributed by atoms with van der Waals surface area (Å²) >= 11 is 4.76. The monoisotopic (exact) mass is 261 g/mol. The molecule has 0 rings (SSSR count). The first-order valence-electron chi connectivity index (χ1n) is 5.71. The van der Waals surface area contributed by atoms with E-state index in [0.29, 0.717) is 37.5 Å². The summed E-state index contributed by atoms with van der Waals surface area (Å²) in [7, 11) is 3.63. The molecule has 1 unspecified atom stereocenters. The van der Waals surface area contributed by atoms with Crippen molar-refractivity contribution in [1.82, 2.24) is 9.80 Å². The van der Waals surface area contributed by atoms with Gasteiger partial charge in [-0.25, -0.2) is 0 Å². The van der Waals surface area contributed by atoms with Gasteiger partial charge in [0, 0.05) is 39.5 Å². The Morgan fingerprint density at radius 3 is 2.41 bits per heavy atom. The Morgan fingerprint density at radius 1 is 1.35 bits per heavy atom. The molecule has 0 saturated carbocycles. The number of likely N-dealkylation sites (N-methyl/N-ethyl adjacent to an activating group) is 1. The predicted molar refractivity (Wildman–Crippen MR) is 72.8 cm³/mol. The fraction of sp³-hybridized carbons (Fsp3) is 0.818. The van der Waals surface area contributed by atoms with E-state index in [1.165, 1.54) is 0 Å².